The molecular weight excluding hydrogens is 771 g/mol. The molecule has 2 aliphatic heterocycles. The molecule has 2 saturated heterocycles. The van der Waals surface area contributed by atoms with Crippen LogP contribution in [0.15, 0.2) is 39.4 Å². The van der Waals surface area contributed by atoms with Gasteiger partial charge in [0.25, 0.3) is 0 Å². The molecule has 2 aliphatic rings. The molecule has 2 aromatic carbocycles. The molecule has 17 heteroatoms. The standard InChI is InChI=1S/C28H28Br2Cl2N2O11/c29-9-1-3-11-15(17(9)31)8(5-33-11)19-25(16-12(34-19)4-2-10(30)18(16)32)44-28-26(23(40)21(38)14(7-36)43-28)45-27-24(41)22(39)20(37)13(6-35)42-27/h1-5,13-14,20-24,26-28,33-41H,6-7H2/t13-,14-,20-,21+,22+,23+,24-,26-,27-,28+/m1/s1. The molecule has 0 aliphatic carbocycles. The lowest BCUT2D eigenvalue weighted by Crippen LogP contribution is -2.65. The van der Waals surface area contributed by atoms with Crippen LogP contribution in [0.4, 0.5) is 0 Å². The monoisotopic (exact) mass is 796 g/mol. The molecule has 13 nitrogen and oxygen atoms in total. The fourth-order valence-electron chi connectivity index (χ4n) is 5.60. The Balaban J connectivity index is 1.46. The van der Waals surface area contributed by atoms with Crippen molar-refractivity contribution in [1.82, 2.24) is 9.97 Å². The third-order valence-corrected chi connectivity index (χ3v) is 10.6. The molecule has 0 radical (unpaired) electrons. The zero-order valence-electron chi connectivity index (χ0n) is 22.8. The quantitative estimate of drug-likeness (QED) is 0.132. The molecule has 0 spiro atoms. The van der Waals surface area contributed by atoms with Crippen LogP contribution in [0.5, 0.6) is 5.75 Å². The highest BCUT2D eigenvalue weighted by Gasteiger charge is 2.51. The summed E-state index contributed by atoms with van der Waals surface area (Å²) in [6.45, 7) is -1.43. The van der Waals surface area contributed by atoms with Gasteiger partial charge in [0.05, 0.1) is 39.9 Å². The van der Waals surface area contributed by atoms with E-state index < -0.39 is 74.6 Å². The van der Waals surface area contributed by atoms with Gasteiger partial charge in [-0.3, -0.25) is 0 Å². The second kappa shape index (κ2) is 13.2. The summed E-state index contributed by atoms with van der Waals surface area (Å²) in [6.07, 6.45) is -14.6. The second-order valence-corrected chi connectivity index (χ2v) is 13.2. The van der Waals surface area contributed by atoms with Gasteiger partial charge in [-0.05, 0) is 56.1 Å². The fraction of sp³-hybridized carbons (Fsp3) is 0.429. The molecule has 244 valence electrons. The highest BCUT2D eigenvalue weighted by atomic mass is 79.9. The van der Waals surface area contributed by atoms with E-state index in [2.05, 4.69) is 41.8 Å². The Morgan fingerprint density at radius 3 is 1.96 bits per heavy atom. The van der Waals surface area contributed by atoms with E-state index in [0.29, 0.717) is 47.0 Å². The predicted octanol–water partition coefficient (Wildman–Crippen LogP) is 2.15. The predicted molar refractivity (Wildman–Crippen MR) is 168 cm³/mol. The van der Waals surface area contributed by atoms with Crippen LogP contribution in [-0.2, 0) is 14.2 Å². The average Bonchev–Trinajstić information content (AvgIpc) is 3.62. The molecular formula is C28H28Br2Cl2N2O11. The van der Waals surface area contributed by atoms with Crippen LogP contribution in [0.2, 0.25) is 10.0 Å². The number of nitrogens with one attached hydrogen (secondary N) is 2. The van der Waals surface area contributed by atoms with Crippen molar-refractivity contribution in [1.29, 1.82) is 0 Å². The number of fused-ring (bicyclic) bond motifs is 2. The molecule has 6 rings (SSSR count). The summed E-state index contributed by atoms with van der Waals surface area (Å²) >= 11 is 20.4. The Morgan fingerprint density at radius 1 is 0.733 bits per heavy atom. The number of halogens is 4. The number of H-pyrrole nitrogens is 2. The van der Waals surface area contributed by atoms with Crippen molar-refractivity contribution in [3.8, 4) is 17.0 Å². The number of benzene rings is 2. The number of ether oxygens (including phenoxy) is 4. The van der Waals surface area contributed by atoms with E-state index in [-0.39, 0.29) is 10.8 Å². The van der Waals surface area contributed by atoms with Crippen LogP contribution in [0.3, 0.4) is 0 Å². The largest absolute Gasteiger partial charge is 0.459 e. The Hall–Kier alpha value is -1.54. The number of aliphatic hydroxyl groups is 7. The lowest BCUT2D eigenvalue weighted by molar-refractivity contribution is -0.357. The lowest BCUT2D eigenvalue weighted by atomic mass is 9.97. The maximum atomic E-state index is 11.2. The number of rotatable bonds is 7. The fourth-order valence-corrected chi connectivity index (χ4v) is 6.78. The van der Waals surface area contributed by atoms with E-state index in [1.54, 1.807) is 24.4 Å². The Morgan fingerprint density at radius 2 is 1.31 bits per heavy atom. The third-order valence-electron chi connectivity index (χ3n) is 8.01. The Bertz CT molecular complexity index is 1700. The van der Waals surface area contributed by atoms with E-state index in [0.717, 1.165) is 0 Å². The van der Waals surface area contributed by atoms with Crippen LogP contribution < -0.4 is 4.74 Å². The minimum absolute atomic E-state index is 0.126. The van der Waals surface area contributed by atoms with Gasteiger partial charge < -0.3 is 64.7 Å². The van der Waals surface area contributed by atoms with Gasteiger partial charge in [-0.25, -0.2) is 0 Å². The molecule has 10 atom stereocenters. The SMILES string of the molecule is OC[C@H]1O[C@@H](Oc2c(-c3c[nH]c4ccc(Br)c(Cl)c34)[nH]c3ccc(Br)c(Cl)c23)[C@H](O[C@H]2O[C@H](CO)[C@@H](O)[C@H](O)[C@H]2O)[C@@H](O)[C@H]1O. The molecule has 0 bridgehead atoms. The summed E-state index contributed by atoms with van der Waals surface area (Å²) in [7, 11) is 0. The van der Waals surface area contributed by atoms with Gasteiger partial charge in [-0.2, -0.15) is 0 Å². The first kappa shape index (κ1) is 33.4. The molecule has 2 aromatic heterocycles. The van der Waals surface area contributed by atoms with Gasteiger partial charge in [0.2, 0.25) is 6.29 Å². The van der Waals surface area contributed by atoms with Crippen molar-refractivity contribution < 1.29 is 54.7 Å². The van der Waals surface area contributed by atoms with Gasteiger partial charge in [0.1, 0.15) is 42.7 Å². The third kappa shape index (κ3) is 5.80. The molecule has 4 heterocycles. The maximum Gasteiger partial charge on any atom is 0.229 e. The molecule has 2 fully saturated rings. The van der Waals surface area contributed by atoms with Crippen molar-refractivity contribution in [2.75, 3.05) is 13.2 Å². The molecule has 0 saturated carbocycles. The van der Waals surface area contributed by atoms with Crippen LogP contribution in [0, 0.1) is 0 Å². The zero-order chi connectivity index (χ0) is 32.3. The summed E-state index contributed by atoms with van der Waals surface area (Å²) in [5, 5.41) is 74.2. The van der Waals surface area contributed by atoms with Gasteiger partial charge >= 0.3 is 0 Å². The maximum absolute atomic E-state index is 11.2. The van der Waals surface area contributed by atoms with Crippen LogP contribution in [-0.4, -0.2) is 120 Å². The molecule has 0 amide bonds. The molecule has 9 N–H and O–H groups in total. The van der Waals surface area contributed by atoms with E-state index in [9.17, 15) is 35.7 Å². The number of aliphatic hydroxyl groups excluding tert-OH is 7. The summed E-state index contributed by atoms with van der Waals surface area (Å²) < 4.78 is 24.8. The minimum atomic E-state index is -1.83. The van der Waals surface area contributed by atoms with Gasteiger partial charge in [0.15, 0.2) is 18.1 Å². The van der Waals surface area contributed by atoms with Crippen LogP contribution in [0.25, 0.3) is 33.1 Å². The van der Waals surface area contributed by atoms with Crippen molar-refractivity contribution in [2.24, 2.45) is 0 Å². The zero-order valence-corrected chi connectivity index (χ0v) is 27.5. The average molecular weight is 799 g/mol. The first-order valence-corrected chi connectivity index (χ1v) is 16.0. The summed E-state index contributed by atoms with van der Waals surface area (Å²) in [6, 6.07) is 7.12. The highest BCUT2D eigenvalue weighted by molar-refractivity contribution is 9.10. The summed E-state index contributed by atoms with van der Waals surface area (Å²) in [4.78, 5) is 6.48. The molecule has 0 unspecified atom stereocenters. The number of hydrogen-bond acceptors (Lipinski definition) is 11. The van der Waals surface area contributed by atoms with Crippen LogP contribution in [0.1, 0.15) is 0 Å². The minimum Gasteiger partial charge on any atom is -0.459 e. The number of hydrogen-bond donors (Lipinski definition) is 9. The Labute approximate surface area is 281 Å². The lowest BCUT2D eigenvalue weighted by Gasteiger charge is -2.45. The highest BCUT2D eigenvalue weighted by Crippen LogP contribution is 2.47. The van der Waals surface area contributed by atoms with E-state index in [4.69, 9.17) is 42.1 Å². The van der Waals surface area contributed by atoms with Gasteiger partial charge in [0, 0.05) is 31.6 Å². The topological polar surface area (TPSA) is 210 Å². The first-order valence-electron chi connectivity index (χ1n) is 13.7. The normalized spacial score (nSPS) is 32.4. The van der Waals surface area contributed by atoms with E-state index in [1.807, 2.05) is 6.07 Å². The van der Waals surface area contributed by atoms with Crippen molar-refractivity contribution >= 4 is 76.9 Å². The second-order valence-electron chi connectivity index (χ2n) is 10.7. The molecule has 4 aromatic rings. The van der Waals surface area contributed by atoms with E-state index in [1.165, 1.54) is 0 Å². The number of aromatic nitrogens is 2. The van der Waals surface area contributed by atoms with Gasteiger partial charge in [-0.15, -0.1) is 0 Å². The van der Waals surface area contributed by atoms with Crippen molar-refractivity contribution in [3.63, 3.8) is 0 Å². The first-order chi connectivity index (χ1) is 21.5. The number of aromatic amines is 2. The Kier molecular flexibility index (Phi) is 9.76. The smallest absolute Gasteiger partial charge is 0.229 e. The van der Waals surface area contributed by atoms with Crippen LogP contribution >= 0.6 is 55.1 Å². The summed E-state index contributed by atoms with van der Waals surface area (Å²) in [5.74, 6) is 0.126. The summed E-state index contributed by atoms with van der Waals surface area (Å²) in [5.41, 5.74) is 2.24. The van der Waals surface area contributed by atoms with Crippen molar-refractivity contribution in [3.05, 3.63) is 49.5 Å². The van der Waals surface area contributed by atoms with E-state index >= 15 is 0 Å². The molecule has 45 heavy (non-hydrogen) atoms. The van der Waals surface area contributed by atoms with Gasteiger partial charge in [-0.1, -0.05) is 23.2 Å². The van der Waals surface area contributed by atoms with Crippen molar-refractivity contribution in [2.45, 2.75) is 61.4 Å².